The lowest BCUT2D eigenvalue weighted by Crippen LogP contribution is -2.21. The van der Waals surface area contributed by atoms with E-state index in [4.69, 9.17) is 0 Å². The minimum absolute atomic E-state index is 0.0212. The number of nitrogens with one attached hydrogen (secondary N) is 2. The minimum Gasteiger partial charge on any atom is -0.378 e. The molecule has 6 nitrogen and oxygen atoms in total. The Morgan fingerprint density at radius 2 is 2.19 bits per heavy atom. The van der Waals surface area contributed by atoms with Crippen molar-refractivity contribution in [3.63, 3.8) is 0 Å². The van der Waals surface area contributed by atoms with E-state index >= 15 is 0 Å². The molecule has 1 aliphatic carbocycles. The first-order chi connectivity index (χ1) is 10.0. The summed E-state index contributed by atoms with van der Waals surface area (Å²) in [4.78, 5) is 22.2. The van der Waals surface area contributed by atoms with E-state index in [1.54, 1.807) is 0 Å². The molecule has 0 saturated heterocycles. The maximum absolute atomic E-state index is 11.4. The van der Waals surface area contributed by atoms with Crippen LogP contribution in [0.15, 0.2) is 12.1 Å². The molecule has 1 heterocycles. The molecule has 0 atom stereocenters. The van der Waals surface area contributed by atoms with E-state index in [-0.39, 0.29) is 16.3 Å². The summed E-state index contributed by atoms with van der Waals surface area (Å²) in [5.74, 6) is -0.0863. The first-order valence-electron chi connectivity index (χ1n) is 6.93. The maximum atomic E-state index is 11.4. The largest absolute Gasteiger partial charge is 0.378 e. The van der Waals surface area contributed by atoms with E-state index in [1.807, 2.05) is 17.8 Å². The van der Waals surface area contributed by atoms with E-state index in [2.05, 4.69) is 16.9 Å². The third-order valence-corrected chi connectivity index (χ3v) is 5.57. The molecule has 1 aromatic carbocycles. The number of fused-ring (bicyclic) bond motifs is 1. The lowest BCUT2D eigenvalue weighted by atomic mass is 10.0. The zero-order chi connectivity index (χ0) is 15.0. The number of carbonyl (C=O) groups excluding carboxylic acids is 1. The van der Waals surface area contributed by atoms with Crippen LogP contribution in [-0.4, -0.2) is 28.4 Å². The average molecular weight is 307 g/mol. The van der Waals surface area contributed by atoms with Gasteiger partial charge in [0.05, 0.1) is 10.6 Å². The van der Waals surface area contributed by atoms with Crippen LogP contribution in [0.1, 0.15) is 24.8 Å². The van der Waals surface area contributed by atoms with Crippen LogP contribution >= 0.6 is 11.8 Å². The first kappa shape index (κ1) is 14.2. The number of nitro groups is 1. The summed E-state index contributed by atoms with van der Waals surface area (Å²) < 4.78 is 0.234. The number of nitrogens with zero attached hydrogens (tertiary/aromatic N) is 1. The molecule has 21 heavy (non-hydrogen) atoms. The predicted molar refractivity (Wildman–Crippen MR) is 84.0 cm³/mol. The van der Waals surface area contributed by atoms with Crippen molar-refractivity contribution in [2.75, 3.05) is 23.4 Å². The molecule has 2 aliphatic rings. The third kappa shape index (κ3) is 2.83. The van der Waals surface area contributed by atoms with E-state index in [0.29, 0.717) is 24.2 Å². The summed E-state index contributed by atoms with van der Waals surface area (Å²) in [5.41, 5.74) is 2.09. The summed E-state index contributed by atoms with van der Waals surface area (Å²) in [6.45, 7) is 0.736. The van der Waals surface area contributed by atoms with Gasteiger partial charge in [0, 0.05) is 23.8 Å². The van der Waals surface area contributed by atoms with Gasteiger partial charge in [0.25, 0.3) is 5.69 Å². The molecule has 0 radical (unpaired) electrons. The molecule has 0 bridgehead atoms. The molecule has 0 unspecified atom stereocenters. The van der Waals surface area contributed by atoms with Gasteiger partial charge < -0.3 is 10.6 Å². The number of rotatable bonds is 5. The molecule has 2 N–H and O–H groups in total. The second kappa shape index (κ2) is 5.22. The van der Waals surface area contributed by atoms with Crippen LogP contribution in [0.4, 0.5) is 17.1 Å². The highest BCUT2D eigenvalue weighted by molar-refractivity contribution is 8.00. The molecular weight excluding hydrogens is 290 g/mol. The van der Waals surface area contributed by atoms with Gasteiger partial charge in [-0.05, 0) is 37.1 Å². The SMILES string of the molecule is CSC1(CNc2cc3c(cc2[N+](=O)[O-])NC(=O)CC3)CC1. The highest BCUT2D eigenvalue weighted by Gasteiger charge is 2.42. The van der Waals surface area contributed by atoms with Gasteiger partial charge in [-0.15, -0.1) is 0 Å². The van der Waals surface area contributed by atoms with Gasteiger partial charge in [0.1, 0.15) is 5.69 Å². The fraction of sp³-hybridized carbons (Fsp3) is 0.500. The second-order valence-electron chi connectivity index (χ2n) is 5.57. The Morgan fingerprint density at radius 1 is 1.43 bits per heavy atom. The van der Waals surface area contributed by atoms with Crippen LogP contribution in [0.2, 0.25) is 0 Å². The third-order valence-electron chi connectivity index (χ3n) is 4.16. The molecule has 112 valence electrons. The number of carbonyl (C=O) groups is 1. The Bertz CT molecular complexity index is 614. The van der Waals surface area contributed by atoms with Gasteiger partial charge in [-0.3, -0.25) is 14.9 Å². The summed E-state index contributed by atoms with van der Waals surface area (Å²) in [5, 5.41) is 17.2. The van der Waals surface area contributed by atoms with Crippen LogP contribution in [0.25, 0.3) is 0 Å². The number of hydrogen-bond acceptors (Lipinski definition) is 5. The fourth-order valence-corrected chi connectivity index (χ4v) is 3.29. The fourth-order valence-electron chi connectivity index (χ4n) is 2.56. The van der Waals surface area contributed by atoms with Gasteiger partial charge in [-0.1, -0.05) is 0 Å². The summed E-state index contributed by atoms with van der Waals surface area (Å²) in [6.07, 6.45) is 5.43. The molecule has 3 rings (SSSR count). The van der Waals surface area contributed by atoms with Crippen LogP contribution in [-0.2, 0) is 11.2 Å². The van der Waals surface area contributed by atoms with Gasteiger partial charge in [0.15, 0.2) is 0 Å². The van der Waals surface area contributed by atoms with Crippen LogP contribution in [0, 0.1) is 10.1 Å². The van der Waals surface area contributed by atoms with Crippen molar-refractivity contribution in [3.8, 4) is 0 Å². The van der Waals surface area contributed by atoms with Crippen LogP contribution in [0.3, 0.4) is 0 Å². The Labute approximate surface area is 126 Å². The van der Waals surface area contributed by atoms with Crippen molar-refractivity contribution in [2.45, 2.75) is 30.4 Å². The first-order valence-corrected chi connectivity index (χ1v) is 8.16. The Morgan fingerprint density at radius 3 is 2.81 bits per heavy atom. The zero-order valence-electron chi connectivity index (χ0n) is 11.8. The van der Waals surface area contributed by atoms with E-state index in [0.717, 1.165) is 24.9 Å². The lowest BCUT2D eigenvalue weighted by molar-refractivity contribution is -0.383. The van der Waals surface area contributed by atoms with E-state index in [9.17, 15) is 14.9 Å². The maximum Gasteiger partial charge on any atom is 0.294 e. The monoisotopic (exact) mass is 307 g/mol. The van der Waals surface area contributed by atoms with Crippen molar-refractivity contribution >= 4 is 34.7 Å². The number of anilines is 2. The lowest BCUT2D eigenvalue weighted by Gasteiger charge is -2.19. The molecule has 7 heteroatoms. The molecule has 1 aromatic rings. The summed E-state index contributed by atoms with van der Waals surface area (Å²) in [7, 11) is 0. The molecule has 1 saturated carbocycles. The normalized spacial score (nSPS) is 18.6. The molecule has 0 aromatic heterocycles. The van der Waals surface area contributed by atoms with Gasteiger partial charge >= 0.3 is 0 Å². The van der Waals surface area contributed by atoms with Gasteiger partial charge in [-0.2, -0.15) is 11.8 Å². The number of nitro benzene ring substituents is 1. The quantitative estimate of drug-likeness (QED) is 0.645. The smallest absolute Gasteiger partial charge is 0.294 e. The average Bonchev–Trinajstić information content (AvgIpc) is 3.24. The Hall–Kier alpha value is -1.76. The molecule has 1 fully saturated rings. The molecule has 1 aliphatic heterocycles. The zero-order valence-corrected chi connectivity index (χ0v) is 12.6. The molecule has 0 spiro atoms. The van der Waals surface area contributed by atoms with Crippen molar-refractivity contribution in [2.24, 2.45) is 0 Å². The highest BCUT2D eigenvalue weighted by Crippen LogP contribution is 2.47. The van der Waals surface area contributed by atoms with Gasteiger partial charge in [-0.25, -0.2) is 0 Å². The number of aryl methyl sites for hydroxylation is 1. The summed E-state index contributed by atoms with van der Waals surface area (Å²) in [6, 6.07) is 3.27. The van der Waals surface area contributed by atoms with Crippen molar-refractivity contribution in [1.29, 1.82) is 0 Å². The number of thioether (sulfide) groups is 1. The topological polar surface area (TPSA) is 84.3 Å². The van der Waals surface area contributed by atoms with E-state index in [1.165, 1.54) is 6.07 Å². The number of hydrogen-bond donors (Lipinski definition) is 2. The Kier molecular flexibility index (Phi) is 3.52. The highest BCUT2D eigenvalue weighted by atomic mass is 32.2. The predicted octanol–water partition coefficient (Wildman–Crippen LogP) is 2.79. The van der Waals surface area contributed by atoms with Gasteiger partial charge in [0.2, 0.25) is 5.91 Å². The molecule has 1 amide bonds. The second-order valence-corrected chi connectivity index (χ2v) is 6.85. The number of amides is 1. The van der Waals surface area contributed by atoms with Crippen molar-refractivity contribution in [3.05, 3.63) is 27.8 Å². The minimum atomic E-state index is -0.401. The number of benzene rings is 1. The van der Waals surface area contributed by atoms with Crippen LogP contribution < -0.4 is 10.6 Å². The van der Waals surface area contributed by atoms with Crippen LogP contribution in [0.5, 0.6) is 0 Å². The van der Waals surface area contributed by atoms with E-state index < -0.39 is 4.92 Å². The Balaban J connectivity index is 1.87. The van der Waals surface area contributed by atoms with Crippen molar-refractivity contribution < 1.29 is 9.72 Å². The molecular formula is C14H17N3O3S. The van der Waals surface area contributed by atoms with Crippen molar-refractivity contribution in [1.82, 2.24) is 0 Å². The summed E-state index contributed by atoms with van der Waals surface area (Å²) >= 11 is 1.81. The standard InChI is InChI=1S/C14H17N3O3S/c1-21-14(4-5-14)8-15-11-6-9-2-3-13(18)16-10(9)7-12(11)17(19)20/h6-7,15H,2-5,8H2,1H3,(H,16,18).